The normalized spacial score (nSPS) is 14.5. The number of nitrogens with one attached hydrogen (secondary N) is 2. The number of hydrogen-bond donors (Lipinski definition) is 2. The fraction of sp³-hybridized carbons (Fsp3) is 0.500. The maximum absolute atomic E-state index is 12.5. The highest BCUT2D eigenvalue weighted by Gasteiger charge is 2.19. The highest BCUT2D eigenvalue weighted by atomic mass is 35.5. The second-order valence-electron chi connectivity index (χ2n) is 6.37. The lowest BCUT2D eigenvalue weighted by Crippen LogP contribution is -2.29. The first kappa shape index (κ1) is 20.2. The number of nitrogens with zero attached hydrogens (tertiary/aromatic N) is 3. The first-order valence-corrected chi connectivity index (χ1v) is 8.84. The van der Waals surface area contributed by atoms with Gasteiger partial charge in [0.15, 0.2) is 5.69 Å². The Morgan fingerprint density at radius 2 is 2.15 bits per heavy atom. The predicted octanol–water partition coefficient (Wildman–Crippen LogP) is 2.97. The van der Waals surface area contributed by atoms with E-state index in [1.165, 1.54) is 0 Å². The van der Waals surface area contributed by atoms with Gasteiger partial charge < -0.3 is 15.4 Å². The summed E-state index contributed by atoms with van der Waals surface area (Å²) in [6, 6.07) is 6.03. The smallest absolute Gasteiger partial charge is 0.277 e. The minimum absolute atomic E-state index is 0. The van der Waals surface area contributed by atoms with Crippen molar-refractivity contribution in [3.63, 3.8) is 0 Å². The molecule has 26 heavy (non-hydrogen) atoms. The molecule has 0 unspecified atom stereocenters. The zero-order chi connectivity index (χ0) is 17.6. The minimum atomic E-state index is -0.273. The Hall–Kier alpha value is -2.12. The largest absolute Gasteiger partial charge is 0.491 e. The average Bonchev–Trinajstić information content (AvgIpc) is 3.13. The van der Waals surface area contributed by atoms with Crippen LogP contribution in [0.5, 0.6) is 5.75 Å². The molecule has 1 saturated heterocycles. The zero-order valence-electron chi connectivity index (χ0n) is 15.2. The summed E-state index contributed by atoms with van der Waals surface area (Å²) in [7, 11) is 0. The van der Waals surface area contributed by atoms with E-state index in [1.807, 2.05) is 32.0 Å². The molecular formula is C18H26ClN5O2. The number of benzene rings is 1. The van der Waals surface area contributed by atoms with E-state index in [-0.39, 0.29) is 18.3 Å². The van der Waals surface area contributed by atoms with E-state index >= 15 is 0 Å². The Bertz CT molecular complexity index is 728. The molecule has 1 fully saturated rings. The van der Waals surface area contributed by atoms with Gasteiger partial charge in [-0.05, 0) is 57.0 Å². The molecule has 0 radical (unpaired) electrons. The molecule has 8 heteroatoms. The third kappa shape index (κ3) is 4.95. The van der Waals surface area contributed by atoms with Crippen LogP contribution in [-0.4, -0.2) is 40.6 Å². The number of rotatable bonds is 6. The molecule has 7 nitrogen and oxygen atoms in total. The van der Waals surface area contributed by atoms with Gasteiger partial charge >= 0.3 is 0 Å². The minimum Gasteiger partial charge on any atom is -0.491 e. The van der Waals surface area contributed by atoms with Crippen LogP contribution in [0.25, 0.3) is 0 Å². The van der Waals surface area contributed by atoms with Crippen molar-refractivity contribution in [2.45, 2.75) is 39.2 Å². The number of ether oxygens (including phenoxy) is 1. The molecule has 0 saturated carbocycles. The molecule has 2 N–H and O–H groups in total. The quantitative estimate of drug-likeness (QED) is 0.806. The highest BCUT2D eigenvalue weighted by Crippen LogP contribution is 2.26. The van der Waals surface area contributed by atoms with Gasteiger partial charge in [-0.25, -0.2) is 4.68 Å². The van der Waals surface area contributed by atoms with Crippen LogP contribution in [0.15, 0.2) is 24.4 Å². The monoisotopic (exact) mass is 379 g/mol. The summed E-state index contributed by atoms with van der Waals surface area (Å²) in [5.41, 5.74) is 2.06. The number of aromatic nitrogens is 3. The van der Waals surface area contributed by atoms with Gasteiger partial charge in [-0.3, -0.25) is 4.79 Å². The van der Waals surface area contributed by atoms with Crippen molar-refractivity contribution < 1.29 is 9.53 Å². The summed E-state index contributed by atoms with van der Waals surface area (Å²) in [5.74, 6) is 0.409. The van der Waals surface area contributed by atoms with Crippen molar-refractivity contribution in [2.24, 2.45) is 0 Å². The van der Waals surface area contributed by atoms with Crippen molar-refractivity contribution >= 4 is 24.0 Å². The Morgan fingerprint density at radius 1 is 1.38 bits per heavy atom. The van der Waals surface area contributed by atoms with Crippen molar-refractivity contribution in [1.29, 1.82) is 0 Å². The maximum Gasteiger partial charge on any atom is 0.277 e. The van der Waals surface area contributed by atoms with E-state index in [0.29, 0.717) is 29.8 Å². The Kier molecular flexibility index (Phi) is 7.41. The number of halogens is 1. The van der Waals surface area contributed by atoms with Crippen LogP contribution >= 0.6 is 12.4 Å². The SMILES string of the molecule is CCCOc1cc(C)ccc1NC(=O)c1cn(C2CCNCC2)nn1.Cl. The summed E-state index contributed by atoms with van der Waals surface area (Å²) < 4.78 is 7.55. The van der Waals surface area contributed by atoms with Crippen LogP contribution in [0, 0.1) is 6.92 Å². The van der Waals surface area contributed by atoms with Gasteiger partial charge in [0, 0.05) is 0 Å². The number of carbonyl (C=O) groups excluding carboxylic acids is 1. The predicted molar refractivity (Wildman–Crippen MR) is 103 cm³/mol. The highest BCUT2D eigenvalue weighted by molar-refractivity contribution is 6.03. The summed E-state index contributed by atoms with van der Waals surface area (Å²) >= 11 is 0. The van der Waals surface area contributed by atoms with Gasteiger partial charge in [-0.2, -0.15) is 0 Å². The molecule has 1 aromatic carbocycles. The summed E-state index contributed by atoms with van der Waals surface area (Å²) in [4.78, 5) is 12.5. The van der Waals surface area contributed by atoms with Crippen molar-refractivity contribution in [3.05, 3.63) is 35.7 Å². The van der Waals surface area contributed by atoms with E-state index in [4.69, 9.17) is 4.74 Å². The average molecular weight is 380 g/mol. The van der Waals surface area contributed by atoms with E-state index in [9.17, 15) is 4.79 Å². The number of carbonyl (C=O) groups is 1. The molecule has 0 bridgehead atoms. The summed E-state index contributed by atoms with van der Waals surface area (Å²) in [5, 5.41) is 14.4. The third-order valence-corrected chi connectivity index (χ3v) is 4.27. The molecular weight excluding hydrogens is 354 g/mol. The molecule has 2 aromatic rings. The topological polar surface area (TPSA) is 81.1 Å². The number of amides is 1. The van der Waals surface area contributed by atoms with E-state index in [2.05, 4.69) is 20.9 Å². The lowest BCUT2D eigenvalue weighted by molar-refractivity contribution is 0.102. The number of aryl methyl sites for hydroxylation is 1. The van der Waals surface area contributed by atoms with Crippen LogP contribution in [0.1, 0.15) is 48.3 Å². The van der Waals surface area contributed by atoms with Gasteiger partial charge in [-0.15, -0.1) is 17.5 Å². The molecule has 0 atom stereocenters. The molecule has 142 valence electrons. The number of hydrogen-bond acceptors (Lipinski definition) is 5. The molecule has 3 rings (SSSR count). The van der Waals surface area contributed by atoms with Crippen molar-refractivity contribution in [2.75, 3.05) is 25.0 Å². The van der Waals surface area contributed by atoms with Crippen LogP contribution in [-0.2, 0) is 0 Å². The van der Waals surface area contributed by atoms with Crippen molar-refractivity contribution in [3.8, 4) is 5.75 Å². The lowest BCUT2D eigenvalue weighted by atomic mass is 10.1. The van der Waals surface area contributed by atoms with Crippen molar-refractivity contribution in [1.82, 2.24) is 20.3 Å². The summed E-state index contributed by atoms with van der Waals surface area (Å²) in [6.07, 6.45) is 4.63. The van der Waals surface area contributed by atoms with Crippen LogP contribution in [0.2, 0.25) is 0 Å². The molecule has 1 aromatic heterocycles. The van der Waals surface area contributed by atoms with Gasteiger partial charge in [0.05, 0.1) is 24.5 Å². The van der Waals surface area contributed by atoms with E-state index in [1.54, 1.807) is 10.9 Å². The summed E-state index contributed by atoms with van der Waals surface area (Å²) in [6.45, 7) is 6.58. The van der Waals surface area contributed by atoms with E-state index in [0.717, 1.165) is 37.9 Å². The molecule has 2 heterocycles. The Morgan fingerprint density at radius 3 is 2.88 bits per heavy atom. The zero-order valence-corrected chi connectivity index (χ0v) is 16.0. The van der Waals surface area contributed by atoms with Crippen LogP contribution in [0.4, 0.5) is 5.69 Å². The van der Waals surface area contributed by atoms with E-state index < -0.39 is 0 Å². The fourth-order valence-electron chi connectivity index (χ4n) is 2.88. The van der Waals surface area contributed by atoms with Crippen LogP contribution in [0.3, 0.4) is 0 Å². The van der Waals surface area contributed by atoms with Gasteiger partial charge in [-0.1, -0.05) is 18.2 Å². The first-order chi connectivity index (χ1) is 12.2. The molecule has 0 spiro atoms. The second-order valence-corrected chi connectivity index (χ2v) is 6.37. The lowest BCUT2D eigenvalue weighted by Gasteiger charge is -2.22. The number of piperidine rings is 1. The molecule has 1 amide bonds. The second kappa shape index (κ2) is 9.54. The molecule has 1 aliphatic rings. The molecule has 0 aliphatic carbocycles. The Balaban J connectivity index is 0.00000243. The van der Waals surface area contributed by atoms with Gasteiger partial charge in [0.1, 0.15) is 5.75 Å². The first-order valence-electron chi connectivity index (χ1n) is 8.84. The third-order valence-electron chi connectivity index (χ3n) is 4.27. The fourth-order valence-corrected chi connectivity index (χ4v) is 2.88. The van der Waals surface area contributed by atoms with Gasteiger partial charge in [0.2, 0.25) is 0 Å². The maximum atomic E-state index is 12.5. The Labute approximate surface area is 159 Å². The molecule has 1 aliphatic heterocycles. The van der Waals surface area contributed by atoms with Gasteiger partial charge in [0.25, 0.3) is 5.91 Å². The van der Waals surface area contributed by atoms with Crippen LogP contribution < -0.4 is 15.4 Å². The standard InChI is InChI=1S/C18H25N5O2.ClH/c1-3-10-25-17-11-13(2)4-5-15(17)20-18(24)16-12-23(22-21-16)14-6-8-19-9-7-14;/h4-5,11-12,14,19H,3,6-10H2,1-2H3,(H,20,24);1H. The number of anilines is 1.